The summed E-state index contributed by atoms with van der Waals surface area (Å²) in [6.45, 7) is 6.26. The van der Waals surface area contributed by atoms with Gasteiger partial charge in [0.25, 0.3) is 0 Å². The van der Waals surface area contributed by atoms with Gasteiger partial charge in [0.05, 0.1) is 12.1 Å². The number of aliphatic hydroxyl groups is 1. The largest absolute Gasteiger partial charge is 0.392 e. The molecule has 0 spiro atoms. The molecule has 1 aliphatic heterocycles. The molecule has 1 fully saturated rings. The summed E-state index contributed by atoms with van der Waals surface area (Å²) in [7, 11) is 0. The number of ketones is 1. The van der Waals surface area contributed by atoms with Crippen LogP contribution in [-0.4, -0.2) is 29.6 Å². The highest BCUT2D eigenvalue weighted by Crippen LogP contribution is 2.21. The third kappa shape index (κ3) is 2.05. The average Bonchev–Trinajstić information content (AvgIpc) is 2.32. The number of aliphatic hydroxyl groups excluding tert-OH is 1. The van der Waals surface area contributed by atoms with Crippen molar-refractivity contribution in [3.05, 3.63) is 0 Å². The van der Waals surface area contributed by atoms with E-state index in [1.807, 2.05) is 20.8 Å². The number of hydrogen-bond acceptors (Lipinski definition) is 3. The zero-order valence-electron chi connectivity index (χ0n) is 7.92. The SMILES string of the molecule is CC(C)(C)C(=O)[C@@H]1C[C@@H](O)CN1. The van der Waals surface area contributed by atoms with Gasteiger partial charge in [0.1, 0.15) is 0 Å². The number of nitrogens with one attached hydrogen (secondary N) is 1. The van der Waals surface area contributed by atoms with E-state index in [4.69, 9.17) is 0 Å². The molecule has 70 valence electrons. The molecule has 0 unspecified atom stereocenters. The van der Waals surface area contributed by atoms with Crippen LogP contribution in [0.15, 0.2) is 0 Å². The van der Waals surface area contributed by atoms with Crippen LogP contribution < -0.4 is 5.32 Å². The highest BCUT2D eigenvalue weighted by Gasteiger charge is 2.34. The second-order valence-electron chi connectivity index (χ2n) is 4.46. The van der Waals surface area contributed by atoms with Crippen molar-refractivity contribution < 1.29 is 9.90 Å². The molecule has 0 radical (unpaired) electrons. The van der Waals surface area contributed by atoms with Gasteiger partial charge in [0.15, 0.2) is 5.78 Å². The summed E-state index contributed by atoms with van der Waals surface area (Å²) in [5.41, 5.74) is -0.304. The van der Waals surface area contributed by atoms with Crippen molar-refractivity contribution >= 4 is 5.78 Å². The first-order chi connectivity index (χ1) is 5.41. The molecule has 0 aliphatic carbocycles. The fourth-order valence-corrected chi connectivity index (χ4v) is 1.44. The van der Waals surface area contributed by atoms with Crippen LogP contribution in [-0.2, 0) is 4.79 Å². The zero-order valence-corrected chi connectivity index (χ0v) is 7.92. The quantitative estimate of drug-likeness (QED) is 0.597. The monoisotopic (exact) mass is 171 g/mol. The number of carbonyl (C=O) groups excluding carboxylic acids is 1. The van der Waals surface area contributed by atoms with Crippen molar-refractivity contribution in [1.29, 1.82) is 0 Å². The van der Waals surface area contributed by atoms with Crippen molar-refractivity contribution in [1.82, 2.24) is 5.32 Å². The Morgan fingerprint density at radius 2 is 2.08 bits per heavy atom. The summed E-state index contributed by atoms with van der Waals surface area (Å²) in [6, 6.07) is -0.139. The molecule has 1 saturated heterocycles. The second-order valence-corrected chi connectivity index (χ2v) is 4.46. The van der Waals surface area contributed by atoms with Gasteiger partial charge >= 0.3 is 0 Å². The molecule has 1 heterocycles. The highest BCUT2D eigenvalue weighted by molar-refractivity contribution is 5.89. The van der Waals surface area contributed by atoms with E-state index in [-0.39, 0.29) is 23.3 Å². The lowest BCUT2D eigenvalue weighted by atomic mass is 9.86. The molecule has 2 N–H and O–H groups in total. The molecule has 0 aromatic carbocycles. The summed E-state index contributed by atoms with van der Waals surface area (Å²) in [5.74, 6) is 0.194. The first-order valence-corrected chi connectivity index (χ1v) is 4.37. The molecule has 3 nitrogen and oxygen atoms in total. The number of carbonyl (C=O) groups is 1. The van der Waals surface area contributed by atoms with Crippen LogP contribution in [0.1, 0.15) is 27.2 Å². The summed E-state index contributed by atoms with van der Waals surface area (Å²) in [5, 5.41) is 12.2. The standard InChI is InChI=1S/C9H17NO2/c1-9(2,3)8(12)7-4-6(11)5-10-7/h6-7,10-11H,4-5H2,1-3H3/t6-,7+/m1/s1. The van der Waals surface area contributed by atoms with Gasteiger partial charge in [-0.3, -0.25) is 4.79 Å². The molecular formula is C9H17NO2. The highest BCUT2D eigenvalue weighted by atomic mass is 16.3. The van der Waals surface area contributed by atoms with E-state index in [0.717, 1.165) is 0 Å². The fraction of sp³-hybridized carbons (Fsp3) is 0.889. The van der Waals surface area contributed by atoms with Crippen LogP contribution >= 0.6 is 0 Å². The van der Waals surface area contributed by atoms with E-state index in [2.05, 4.69) is 5.32 Å². The summed E-state index contributed by atoms with van der Waals surface area (Å²) in [4.78, 5) is 11.6. The number of hydrogen-bond donors (Lipinski definition) is 2. The van der Waals surface area contributed by atoms with Crippen LogP contribution in [0.5, 0.6) is 0 Å². The lowest BCUT2D eigenvalue weighted by Gasteiger charge is -2.21. The van der Waals surface area contributed by atoms with Crippen molar-refractivity contribution in [2.24, 2.45) is 5.41 Å². The van der Waals surface area contributed by atoms with Gasteiger partial charge in [-0.2, -0.15) is 0 Å². The number of rotatable bonds is 1. The predicted molar refractivity (Wildman–Crippen MR) is 46.9 cm³/mol. The predicted octanol–water partition coefficient (Wildman–Crippen LogP) is 0.324. The summed E-state index contributed by atoms with van der Waals surface area (Å²) in [6.07, 6.45) is 0.220. The van der Waals surface area contributed by atoms with E-state index in [9.17, 15) is 9.90 Å². The zero-order chi connectivity index (χ0) is 9.35. The van der Waals surface area contributed by atoms with Crippen molar-refractivity contribution in [3.63, 3.8) is 0 Å². The van der Waals surface area contributed by atoms with Crippen LogP contribution in [0.25, 0.3) is 0 Å². The maximum absolute atomic E-state index is 11.6. The minimum Gasteiger partial charge on any atom is -0.392 e. The Balaban J connectivity index is 2.55. The molecule has 0 aromatic heterocycles. The van der Waals surface area contributed by atoms with Gasteiger partial charge in [-0.15, -0.1) is 0 Å². The minimum absolute atomic E-state index is 0.139. The third-order valence-corrected chi connectivity index (χ3v) is 2.16. The number of Topliss-reactive ketones (excluding diaryl/α,β-unsaturated/α-hetero) is 1. The van der Waals surface area contributed by atoms with Crippen LogP contribution in [0.4, 0.5) is 0 Å². The molecule has 0 bridgehead atoms. The Kier molecular flexibility index (Phi) is 2.54. The molecule has 0 aromatic rings. The third-order valence-electron chi connectivity index (χ3n) is 2.16. The van der Waals surface area contributed by atoms with Crippen LogP contribution in [0.2, 0.25) is 0 Å². The van der Waals surface area contributed by atoms with Gasteiger partial charge in [-0.05, 0) is 6.42 Å². The Morgan fingerprint density at radius 3 is 2.42 bits per heavy atom. The maximum Gasteiger partial charge on any atom is 0.155 e. The van der Waals surface area contributed by atoms with Crippen molar-refractivity contribution in [2.45, 2.75) is 39.3 Å². The smallest absolute Gasteiger partial charge is 0.155 e. The van der Waals surface area contributed by atoms with Gasteiger partial charge in [0, 0.05) is 12.0 Å². The first-order valence-electron chi connectivity index (χ1n) is 4.37. The average molecular weight is 171 g/mol. The fourth-order valence-electron chi connectivity index (χ4n) is 1.44. The maximum atomic E-state index is 11.6. The first kappa shape index (κ1) is 9.68. The van der Waals surface area contributed by atoms with E-state index in [1.165, 1.54) is 0 Å². The van der Waals surface area contributed by atoms with E-state index >= 15 is 0 Å². The molecule has 2 atom stereocenters. The summed E-state index contributed by atoms with van der Waals surface area (Å²) < 4.78 is 0. The van der Waals surface area contributed by atoms with Gasteiger partial charge in [0.2, 0.25) is 0 Å². The molecule has 0 saturated carbocycles. The van der Waals surface area contributed by atoms with E-state index in [0.29, 0.717) is 13.0 Å². The summed E-state index contributed by atoms with van der Waals surface area (Å²) >= 11 is 0. The Bertz CT molecular complexity index is 183. The molecular weight excluding hydrogens is 154 g/mol. The molecule has 1 aliphatic rings. The lowest BCUT2D eigenvalue weighted by molar-refractivity contribution is -0.128. The molecule has 1 rings (SSSR count). The molecule has 12 heavy (non-hydrogen) atoms. The van der Waals surface area contributed by atoms with Gasteiger partial charge in [-0.1, -0.05) is 20.8 Å². The second kappa shape index (κ2) is 3.15. The molecule has 3 heteroatoms. The van der Waals surface area contributed by atoms with Crippen molar-refractivity contribution in [3.8, 4) is 0 Å². The number of β-amino-alcohol motifs (C(OH)–C–C–N with tert-alkyl or cyclic N) is 1. The van der Waals surface area contributed by atoms with Gasteiger partial charge in [-0.25, -0.2) is 0 Å². The topological polar surface area (TPSA) is 49.3 Å². The van der Waals surface area contributed by atoms with Gasteiger partial charge < -0.3 is 10.4 Å². The minimum atomic E-state index is -0.346. The van der Waals surface area contributed by atoms with Crippen LogP contribution in [0.3, 0.4) is 0 Å². The van der Waals surface area contributed by atoms with Crippen LogP contribution in [0, 0.1) is 5.41 Å². The van der Waals surface area contributed by atoms with E-state index < -0.39 is 0 Å². The van der Waals surface area contributed by atoms with Crippen molar-refractivity contribution in [2.75, 3.05) is 6.54 Å². The Morgan fingerprint density at radius 1 is 1.50 bits per heavy atom. The molecule has 0 amide bonds. The normalized spacial score (nSPS) is 30.7. The van der Waals surface area contributed by atoms with E-state index in [1.54, 1.807) is 0 Å². The lowest BCUT2D eigenvalue weighted by Crippen LogP contribution is -2.38. The Hall–Kier alpha value is -0.410. The Labute approximate surface area is 73.2 Å².